The third kappa shape index (κ3) is 10.4. The summed E-state index contributed by atoms with van der Waals surface area (Å²) in [5, 5.41) is 6.29. The van der Waals surface area contributed by atoms with Crippen molar-refractivity contribution in [1.82, 2.24) is 10.3 Å². The molecule has 1 heterocycles. The summed E-state index contributed by atoms with van der Waals surface area (Å²) in [5.41, 5.74) is 0.859. The summed E-state index contributed by atoms with van der Waals surface area (Å²) in [7, 11) is 0. The highest BCUT2D eigenvalue weighted by Gasteiger charge is 2.29. The van der Waals surface area contributed by atoms with E-state index in [0.717, 1.165) is 61.5 Å². The van der Waals surface area contributed by atoms with Gasteiger partial charge in [-0.2, -0.15) is 13.2 Å². The summed E-state index contributed by atoms with van der Waals surface area (Å²) in [5.74, 6) is -0.332. The van der Waals surface area contributed by atoms with Crippen LogP contribution in [0.2, 0.25) is 0 Å². The van der Waals surface area contributed by atoms with Crippen LogP contribution in [0.3, 0.4) is 0 Å². The Morgan fingerprint density at radius 1 is 1.23 bits per heavy atom. The van der Waals surface area contributed by atoms with Crippen molar-refractivity contribution in [3.63, 3.8) is 0 Å². The number of aromatic nitrogens is 1. The maximum absolute atomic E-state index is 12.7. The number of nitrogens with zero attached hydrogens (tertiary/aromatic N) is 2. The van der Waals surface area contributed by atoms with Crippen molar-refractivity contribution in [2.24, 2.45) is 4.99 Å². The van der Waals surface area contributed by atoms with E-state index in [0.29, 0.717) is 10.8 Å². The molecule has 0 saturated carbocycles. The second-order valence-electron chi connectivity index (χ2n) is 7.66. The van der Waals surface area contributed by atoms with Gasteiger partial charge < -0.3 is 15.4 Å². The number of thiazole rings is 1. The molecule has 1 aromatic carbocycles. The number of halogens is 3. The van der Waals surface area contributed by atoms with Crippen LogP contribution in [0.1, 0.15) is 50.0 Å². The first-order valence-corrected chi connectivity index (χ1v) is 12.2. The lowest BCUT2D eigenvalue weighted by molar-refractivity contribution is -0.137. The Hall–Kier alpha value is -2.98. The zero-order valence-electron chi connectivity index (χ0n) is 20.0. The van der Waals surface area contributed by atoms with Gasteiger partial charge in [-0.3, -0.25) is 9.79 Å². The molecule has 0 atom stereocenters. The molecule has 2 N–H and O–H groups in total. The molecule has 0 saturated heterocycles. The number of ether oxygens (including phenoxy) is 1. The molecule has 2 rings (SSSR count). The van der Waals surface area contributed by atoms with E-state index in [1.807, 2.05) is 0 Å². The number of allylic oxidation sites excluding steroid dienone is 2. The minimum atomic E-state index is -4.38. The average molecular weight is 509 g/mol. The summed E-state index contributed by atoms with van der Waals surface area (Å²) >= 11 is 1.29. The highest BCUT2D eigenvalue weighted by Crippen LogP contribution is 2.31. The number of alkyl halides is 3. The van der Waals surface area contributed by atoms with E-state index < -0.39 is 11.7 Å². The zero-order valence-corrected chi connectivity index (χ0v) is 20.8. The molecule has 1 aromatic heterocycles. The molecule has 0 spiro atoms. The molecule has 1 amide bonds. The molecule has 190 valence electrons. The second-order valence-corrected chi connectivity index (χ2v) is 8.77. The van der Waals surface area contributed by atoms with Crippen LogP contribution in [0.25, 0.3) is 0 Å². The molecule has 0 fully saturated rings. The third-order valence-electron chi connectivity index (χ3n) is 4.67. The van der Waals surface area contributed by atoms with Gasteiger partial charge in [0.25, 0.3) is 5.91 Å². The van der Waals surface area contributed by atoms with E-state index in [-0.39, 0.29) is 18.1 Å². The molecule has 10 heteroatoms. The van der Waals surface area contributed by atoms with Crippen LogP contribution in [0, 0.1) is 0 Å². The minimum absolute atomic E-state index is 0.239. The Bertz CT molecular complexity index is 1010. The lowest BCUT2D eigenvalue weighted by atomic mass is 10.1. The Morgan fingerprint density at radius 2 is 1.97 bits per heavy atom. The first kappa shape index (κ1) is 28.3. The summed E-state index contributed by atoms with van der Waals surface area (Å²) in [4.78, 5) is 21.8. The van der Waals surface area contributed by atoms with Crippen LogP contribution in [-0.4, -0.2) is 30.3 Å². The van der Waals surface area contributed by atoms with Crippen LogP contribution < -0.4 is 10.6 Å². The molecule has 0 unspecified atom stereocenters. The third-order valence-corrected chi connectivity index (χ3v) is 5.58. The quantitative estimate of drug-likeness (QED) is 0.130. The number of nitrogens with one attached hydrogen (secondary N) is 2. The van der Waals surface area contributed by atoms with Crippen molar-refractivity contribution in [3.05, 3.63) is 64.8 Å². The first-order valence-electron chi connectivity index (χ1n) is 11.4. The van der Waals surface area contributed by atoms with Crippen molar-refractivity contribution in [2.75, 3.05) is 18.5 Å². The molecule has 6 nitrogen and oxygen atoms in total. The van der Waals surface area contributed by atoms with Gasteiger partial charge in [0.2, 0.25) is 0 Å². The maximum Gasteiger partial charge on any atom is 0.416 e. The molecular formula is C25H31F3N4O2S. The molecule has 0 aliphatic rings. The van der Waals surface area contributed by atoms with Crippen molar-refractivity contribution < 1.29 is 22.7 Å². The molecule has 2 aromatic rings. The number of rotatable bonds is 14. The standard InChI is InChI=1S/C25H31F3N4O2S/c1-4-13-34-14-7-6-8-18(3)15-22(29-5-2)23(33)30-16-21-17-31-24(35-21)32-20-11-9-19(10-12-20)25(26,27)28/h5,9-12,15,17H,3-4,6-8,13-14,16H2,1-2H3,(H,30,33)(H,31,32)/b22-15-,29-5-. The minimum Gasteiger partial charge on any atom is -0.381 e. The number of aliphatic imine (C=N–C) groups is 1. The maximum atomic E-state index is 12.7. The van der Waals surface area contributed by atoms with Crippen molar-refractivity contribution in [1.29, 1.82) is 0 Å². The number of benzene rings is 1. The van der Waals surface area contributed by atoms with E-state index in [4.69, 9.17) is 4.74 Å². The fourth-order valence-corrected chi connectivity index (χ4v) is 3.71. The molecule has 0 aliphatic carbocycles. The lowest BCUT2D eigenvalue weighted by Crippen LogP contribution is -2.23. The number of unbranched alkanes of at least 4 members (excludes halogenated alkanes) is 1. The monoisotopic (exact) mass is 508 g/mol. The van der Waals surface area contributed by atoms with Gasteiger partial charge in [-0.05, 0) is 62.9 Å². The van der Waals surface area contributed by atoms with E-state index in [9.17, 15) is 18.0 Å². The molecule has 0 bridgehead atoms. The summed E-state index contributed by atoms with van der Waals surface area (Å²) in [6.07, 6.45) is 4.06. The number of amides is 1. The summed E-state index contributed by atoms with van der Waals surface area (Å²) in [6.45, 7) is 9.55. The lowest BCUT2D eigenvalue weighted by Gasteiger charge is -2.08. The van der Waals surface area contributed by atoms with E-state index in [2.05, 4.69) is 34.1 Å². The molecule has 35 heavy (non-hydrogen) atoms. The van der Waals surface area contributed by atoms with E-state index in [1.54, 1.807) is 25.4 Å². The fraction of sp³-hybridized carbons (Fsp3) is 0.400. The van der Waals surface area contributed by atoms with Gasteiger partial charge in [0.15, 0.2) is 5.13 Å². The largest absolute Gasteiger partial charge is 0.416 e. The van der Waals surface area contributed by atoms with Crippen LogP contribution in [0.15, 0.2) is 59.4 Å². The number of carbonyl (C=O) groups is 1. The molecular weight excluding hydrogens is 477 g/mol. The van der Waals surface area contributed by atoms with Gasteiger partial charge in [0, 0.05) is 36.2 Å². The smallest absolute Gasteiger partial charge is 0.381 e. The number of carbonyl (C=O) groups excluding carboxylic acids is 1. The van der Waals surface area contributed by atoms with Gasteiger partial charge in [-0.15, -0.1) is 0 Å². The SMILES string of the molecule is C=C(/C=C(\N=C/C)C(=O)NCc1cnc(Nc2ccc(C(F)(F)F)cc2)s1)CCCCOCCC. The number of hydrogen-bond acceptors (Lipinski definition) is 6. The van der Waals surface area contributed by atoms with Crippen molar-refractivity contribution >= 4 is 34.3 Å². The predicted molar refractivity (Wildman–Crippen MR) is 135 cm³/mol. The average Bonchev–Trinajstić information content (AvgIpc) is 3.26. The topological polar surface area (TPSA) is 75.6 Å². The van der Waals surface area contributed by atoms with Crippen LogP contribution in [-0.2, 0) is 22.3 Å². The summed E-state index contributed by atoms with van der Waals surface area (Å²) in [6, 6.07) is 4.70. The van der Waals surface area contributed by atoms with Crippen molar-refractivity contribution in [2.45, 2.75) is 52.3 Å². The van der Waals surface area contributed by atoms with E-state index in [1.165, 1.54) is 23.5 Å². The van der Waals surface area contributed by atoms with Crippen LogP contribution in [0.4, 0.5) is 24.0 Å². The van der Waals surface area contributed by atoms with Gasteiger partial charge >= 0.3 is 6.18 Å². The van der Waals surface area contributed by atoms with Crippen molar-refractivity contribution in [3.8, 4) is 0 Å². The van der Waals surface area contributed by atoms with Crippen LogP contribution in [0.5, 0.6) is 0 Å². The van der Waals surface area contributed by atoms with Gasteiger partial charge in [0.05, 0.1) is 12.1 Å². The Balaban J connectivity index is 1.86. The normalized spacial score (nSPS) is 12.2. The molecule has 0 aliphatic heterocycles. The van der Waals surface area contributed by atoms with Crippen LogP contribution >= 0.6 is 11.3 Å². The first-order chi connectivity index (χ1) is 16.7. The highest BCUT2D eigenvalue weighted by molar-refractivity contribution is 7.15. The second kappa shape index (κ2) is 14.4. The number of anilines is 2. The Morgan fingerprint density at radius 3 is 2.63 bits per heavy atom. The summed E-state index contributed by atoms with van der Waals surface area (Å²) < 4.78 is 43.5. The van der Waals surface area contributed by atoms with Gasteiger partial charge in [-0.1, -0.05) is 30.4 Å². The molecule has 0 radical (unpaired) electrons. The Labute approximate surface area is 208 Å². The predicted octanol–water partition coefficient (Wildman–Crippen LogP) is 6.65. The Kier molecular flexibility index (Phi) is 11.6. The fourth-order valence-electron chi connectivity index (χ4n) is 2.94. The number of hydrogen-bond donors (Lipinski definition) is 2. The zero-order chi connectivity index (χ0) is 25.7. The van der Waals surface area contributed by atoms with Gasteiger partial charge in [0.1, 0.15) is 5.70 Å². The van der Waals surface area contributed by atoms with E-state index >= 15 is 0 Å². The highest BCUT2D eigenvalue weighted by atomic mass is 32.1. The van der Waals surface area contributed by atoms with Gasteiger partial charge in [-0.25, -0.2) is 4.98 Å².